The first-order valence-electron chi connectivity index (χ1n) is 10.6. The van der Waals surface area contributed by atoms with E-state index in [0.29, 0.717) is 24.3 Å². The third-order valence-corrected chi connectivity index (χ3v) is 7.69. The molecule has 3 rings (SSSR count). The number of piperidine rings is 1. The average Bonchev–Trinajstić information content (AvgIpc) is 2.75. The minimum Gasteiger partial charge on any atom is -0.370 e. The van der Waals surface area contributed by atoms with Gasteiger partial charge < -0.3 is 10.2 Å². The quantitative estimate of drug-likeness (QED) is 0.714. The predicted molar refractivity (Wildman–Crippen MR) is 122 cm³/mol. The van der Waals surface area contributed by atoms with Crippen LogP contribution in [-0.2, 0) is 10.0 Å². The highest BCUT2D eigenvalue weighted by Crippen LogP contribution is 2.32. The molecule has 1 aliphatic rings. The van der Waals surface area contributed by atoms with E-state index >= 15 is 0 Å². The molecule has 30 heavy (non-hydrogen) atoms. The Balaban J connectivity index is 2.02. The Bertz CT molecular complexity index is 995. The summed E-state index contributed by atoms with van der Waals surface area (Å²) in [7, 11) is -3.62. The van der Waals surface area contributed by atoms with Gasteiger partial charge in [0.15, 0.2) is 0 Å². The molecular formula is C23H31N3O3S. The molecule has 1 aliphatic heterocycles. The molecule has 0 bridgehead atoms. The van der Waals surface area contributed by atoms with E-state index < -0.39 is 10.0 Å². The predicted octanol–water partition coefficient (Wildman–Crippen LogP) is 4.27. The summed E-state index contributed by atoms with van der Waals surface area (Å²) in [6, 6.07) is 12.5. The summed E-state index contributed by atoms with van der Waals surface area (Å²) in [6.07, 6.45) is 3.37. The van der Waals surface area contributed by atoms with Gasteiger partial charge in [-0.2, -0.15) is 4.31 Å². The van der Waals surface area contributed by atoms with E-state index in [9.17, 15) is 13.2 Å². The van der Waals surface area contributed by atoms with Gasteiger partial charge in [0, 0.05) is 31.7 Å². The maximum atomic E-state index is 13.0. The van der Waals surface area contributed by atoms with Gasteiger partial charge in [-0.05, 0) is 56.0 Å². The summed E-state index contributed by atoms with van der Waals surface area (Å²) < 4.78 is 27.5. The second-order valence-electron chi connectivity index (χ2n) is 7.59. The number of nitrogens with zero attached hydrogens (tertiary/aromatic N) is 2. The van der Waals surface area contributed by atoms with Crippen molar-refractivity contribution in [1.29, 1.82) is 0 Å². The Kier molecular flexibility index (Phi) is 7.15. The molecule has 0 aliphatic carbocycles. The molecule has 0 saturated carbocycles. The molecule has 1 fully saturated rings. The van der Waals surface area contributed by atoms with Crippen LogP contribution in [0.15, 0.2) is 47.4 Å². The van der Waals surface area contributed by atoms with Crippen LogP contribution in [-0.4, -0.2) is 44.8 Å². The Morgan fingerprint density at radius 1 is 1.03 bits per heavy atom. The number of nitrogens with one attached hydrogen (secondary N) is 1. The molecule has 0 radical (unpaired) electrons. The van der Waals surface area contributed by atoms with E-state index in [-0.39, 0.29) is 10.8 Å². The standard InChI is InChI=1S/C23H31N3O3S/c1-4-26(5-2)30(28,29)19-13-14-22(25-15-9-6-10-16-25)21(17-19)24-23(27)20-12-8-7-11-18(20)3/h7-8,11-14,17H,4-6,9-10,15-16H2,1-3H3,(H,24,27). The summed E-state index contributed by atoms with van der Waals surface area (Å²) in [5, 5.41) is 2.99. The normalized spacial score (nSPS) is 14.7. The van der Waals surface area contributed by atoms with Gasteiger partial charge in [0.1, 0.15) is 0 Å². The number of carbonyl (C=O) groups excluding carboxylic acids is 1. The average molecular weight is 430 g/mol. The molecule has 1 saturated heterocycles. The first kappa shape index (κ1) is 22.3. The number of rotatable bonds is 7. The van der Waals surface area contributed by atoms with Crippen LogP contribution in [0, 0.1) is 6.92 Å². The highest BCUT2D eigenvalue weighted by molar-refractivity contribution is 7.89. The molecule has 7 heteroatoms. The first-order chi connectivity index (χ1) is 14.4. The molecule has 0 atom stereocenters. The van der Waals surface area contributed by atoms with E-state index in [1.165, 1.54) is 10.7 Å². The van der Waals surface area contributed by atoms with Gasteiger partial charge in [-0.3, -0.25) is 4.79 Å². The number of hydrogen-bond acceptors (Lipinski definition) is 4. The maximum Gasteiger partial charge on any atom is 0.255 e. The number of benzene rings is 2. The largest absolute Gasteiger partial charge is 0.370 e. The second-order valence-corrected chi connectivity index (χ2v) is 9.52. The van der Waals surface area contributed by atoms with E-state index in [1.54, 1.807) is 18.2 Å². The van der Waals surface area contributed by atoms with Crippen molar-refractivity contribution >= 4 is 27.3 Å². The molecule has 0 aromatic heterocycles. The number of carbonyl (C=O) groups is 1. The molecule has 2 aromatic rings. The third-order valence-electron chi connectivity index (χ3n) is 5.65. The summed E-state index contributed by atoms with van der Waals surface area (Å²) in [4.78, 5) is 15.4. The highest BCUT2D eigenvalue weighted by Gasteiger charge is 2.25. The van der Waals surface area contributed by atoms with Crippen LogP contribution in [0.2, 0.25) is 0 Å². The molecular weight excluding hydrogens is 398 g/mol. The van der Waals surface area contributed by atoms with Gasteiger partial charge in [-0.15, -0.1) is 0 Å². The van der Waals surface area contributed by atoms with Crippen molar-refractivity contribution < 1.29 is 13.2 Å². The Labute approximate surface area is 179 Å². The molecule has 162 valence electrons. The van der Waals surface area contributed by atoms with Crippen molar-refractivity contribution in [1.82, 2.24) is 4.31 Å². The molecule has 1 N–H and O–H groups in total. The zero-order valence-electron chi connectivity index (χ0n) is 18.0. The molecule has 0 unspecified atom stereocenters. The lowest BCUT2D eigenvalue weighted by Gasteiger charge is -2.31. The number of hydrogen-bond donors (Lipinski definition) is 1. The molecule has 2 aromatic carbocycles. The molecule has 1 heterocycles. The van der Waals surface area contributed by atoms with Crippen molar-refractivity contribution in [2.75, 3.05) is 36.4 Å². The van der Waals surface area contributed by atoms with Crippen LogP contribution in [0.3, 0.4) is 0 Å². The molecule has 6 nitrogen and oxygen atoms in total. The molecule has 1 amide bonds. The number of amides is 1. The zero-order chi connectivity index (χ0) is 21.7. The fraction of sp³-hybridized carbons (Fsp3) is 0.435. The zero-order valence-corrected chi connectivity index (χ0v) is 18.8. The summed E-state index contributed by atoms with van der Waals surface area (Å²) >= 11 is 0. The van der Waals surface area contributed by atoms with Gasteiger partial charge in [-0.1, -0.05) is 32.0 Å². The highest BCUT2D eigenvalue weighted by atomic mass is 32.2. The van der Waals surface area contributed by atoms with Crippen molar-refractivity contribution in [2.45, 2.75) is 44.9 Å². The van der Waals surface area contributed by atoms with Crippen molar-refractivity contribution in [2.24, 2.45) is 0 Å². The Hall–Kier alpha value is -2.38. The van der Waals surface area contributed by atoms with Gasteiger partial charge in [-0.25, -0.2) is 8.42 Å². The monoisotopic (exact) mass is 429 g/mol. The lowest BCUT2D eigenvalue weighted by Crippen LogP contribution is -2.32. The molecule has 0 spiro atoms. The Morgan fingerprint density at radius 3 is 2.33 bits per heavy atom. The number of anilines is 2. The number of aryl methyl sites for hydroxylation is 1. The van der Waals surface area contributed by atoms with Crippen LogP contribution in [0.4, 0.5) is 11.4 Å². The lowest BCUT2D eigenvalue weighted by molar-refractivity contribution is 0.102. The van der Waals surface area contributed by atoms with E-state index in [1.807, 2.05) is 45.0 Å². The van der Waals surface area contributed by atoms with Crippen molar-refractivity contribution in [3.05, 3.63) is 53.6 Å². The van der Waals surface area contributed by atoms with E-state index in [4.69, 9.17) is 0 Å². The second kappa shape index (κ2) is 9.62. The summed E-state index contributed by atoms with van der Waals surface area (Å²) in [6.45, 7) is 8.13. The lowest BCUT2D eigenvalue weighted by atomic mass is 10.1. The Morgan fingerprint density at radius 2 is 1.70 bits per heavy atom. The van der Waals surface area contributed by atoms with Gasteiger partial charge in [0.2, 0.25) is 10.0 Å². The topological polar surface area (TPSA) is 69.7 Å². The summed E-state index contributed by atoms with van der Waals surface area (Å²) in [5.74, 6) is -0.233. The van der Waals surface area contributed by atoms with Crippen LogP contribution in [0.5, 0.6) is 0 Å². The maximum absolute atomic E-state index is 13.0. The van der Waals surface area contributed by atoms with Crippen LogP contribution < -0.4 is 10.2 Å². The van der Waals surface area contributed by atoms with Gasteiger partial charge >= 0.3 is 0 Å². The van der Waals surface area contributed by atoms with E-state index in [0.717, 1.165) is 37.2 Å². The summed E-state index contributed by atoms with van der Waals surface area (Å²) in [5.41, 5.74) is 2.87. The smallest absolute Gasteiger partial charge is 0.255 e. The van der Waals surface area contributed by atoms with Crippen LogP contribution >= 0.6 is 0 Å². The van der Waals surface area contributed by atoms with E-state index in [2.05, 4.69) is 10.2 Å². The SMILES string of the molecule is CCN(CC)S(=O)(=O)c1ccc(N2CCCCC2)c(NC(=O)c2ccccc2C)c1. The number of sulfonamides is 1. The first-order valence-corrected chi connectivity index (χ1v) is 12.1. The minimum atomic E-state index is -3.62. The fourth-order valence-electron chi connectivity index (χ4n) is 3.92. The fourth-order valence-corrected chi connectivity index (χ4v) is 5.40. The van der Waals surface area contributed by atoms with Crippen LogP contribution in [0.1, 0.15) is 49.0 Å². The van der Waals surface area contributed by atoms with Crippen LogP contribution in [0.25, 0.3) is 0 Å². The third kappa shape index (κ3) is 4.68. The minimum absolute atomic E-state index is 0.201. The van der Waals surface area contributed by atoms with Gasteiger partial charge in [0.25, 0.3) is 5.91 Å². The van der Waals surface area contributed by atoms with Crippen molar-refractivity contribution in [3.8, 4) is 0 Å². The van der Waals surface area contributed by atoms with Crippen molar-refractivity contribution in [3.63, 3.8) is 0 Å². The van der Waals surface area contributed by atoms with Gasteiger partial charge in [0.05, 0.1) is 16.3 Å².